The van der Waals surface area contributed by atoms with Crippen molar-refractivity contribution in [3.05, 3.63) is 52.7 Å². The summed E-state index contributed by atoms with van der Waals surface area (Å²) in [5, 5.41) is 3.11. The average molecular weight is 467 g/mol. The van der Waals surface area contributed by atoms with E-state index in [9.17, 15) is 9.59 Å². The van der Waals surface area contributed by atoms with Crippen LogP contribution >= 0.6 is 0 Å². The van der Waals surface area contributed by atoms with Gasteiger partial charge in [-0.1, -0.05) is 0 Å². The summed E-state index contributed by atoms with van der Waals surface area (Å²) >= 11 is 0. The molecule has 0 aromatic heterocycles. The number of fused-ring (bicyclic) bond motifs is 2. The van der Waals surface area contributed by atoms with Crippen LogP contribution in [0.2, 0.25) is 0 Å². The Kier molecular flexibility index (Phi) is 6.95. The maximum atomic E-state index is 12.8. The van der Waals surface area contributed by atoms with Gasteiger partial charge in [0.15, 0.2) is 23.0 Å². The summed E-state index contributed by atoms with van der Waals surface area (Å²) in [7, 11) is 6.36. The molecule has 4 rings (SSSR count). The van der Waals surface area contributed by atoms with Gasteiger partial charge < -0.3 is 29.2 Å². The Morgan fingerprint density at radius 2 is 1.56 bits per heavy atom. The van der Waals surface area contributed by atoms with E-state index in [1.54, 1.807) is 39.5 Å². The number of ether oxygens (including phenoxy) is 4. The van der Waals surface area contributed by atoms with Crippen LogP contribution in [0.4, 0.5) is 0 Å². The van der Waals surface area contributed by atoms with Crippen LogP contribution in [0.25, 0.3) is 6.08 Å². The van der Waals surface area contributed by atoms with E-state index in [2.05, 4.69) is 5.32 Å². The molecular formula is C26H30N2O6. The number of methoxy groups -OCH3 is 4. The highest BCUT2D eigenvalue weighted by Crippen LogP contribution is 2.39. The monoisotopic (exact) mass is 466 g/mol. The molecule has 0 fully saturated rings. The Balaban J connectivity index is 1.39. The normalized spacial score (nSPS) is 16.4. The zero-order valence-electron chi connectivity index (χ0n) is 20.0. The Hall–Kier alpha value is -3.68. The van der Waals surface area contributed by atoms with Crippen molar-refractivity contribution in [1.29, 1.82) is 0 Å². The minimum Gasteiger partial charge on any atom is -0.493 e. The third kappa shape index (κ3) is 4.66. The van der Waals surface area contributed by atoms with Crippen molar-refractivity contribution in [1.82, 2.24) is 10.2 Å². The minimum absolute atomic E-state index is 0.0712. The van der Waals surface area contributed by atoms with Crippen LogP contribution in [-0.4, -0.2) is 51.7 Å². The van der Waals surface area contributed by atoms with Crippen molar-refractivity contribution in [2.24, 2.45) is 0 Å². The van der Waals surface area contributed by atoms with Crippen LogP contribution in [0.5, 0.6) is 23.0 Å². The maximum absolute atomic E-state index is 12.8. The van der Waals surface area contributed by atoms with Crippen LogP contribution < -0.4 is 24.3 Å². The van der Waals surface area contributed by atoms with Gasteiger partial charge in [-0.2, -0.15) is 0 Å². The quantitative estimate of drug-likeness (QED) is 0.643. The molecule has 1 N–H and O–H groups in total. The molecule has 34 heavy (non-hydrogen) atoms. The average Bonchev–Trinajstić information content (AvgIpc) is 3.16. The van der Waals surface area contributed by atoms with Crippen molar-refractivity contribution < 1.29 is 28.5 Å². The van der Waals surface area contributed by atoms with Crippen molar-refractivity contribution in [2.45, 2.75) is 31.7 Å². The number of nitrogens with zero attached hydrogens (tertiary/aromatic N) is 1. The van der Waals surface area contributed by atoms with Gasteiger partial charge in [0, 0.05) is 19.2 Å². The Bertz CT molecular complexity index is 1130. The summed E-state index contributed by atoms with van der Waals surface area (Å²) < 4.78 is 21.5. The highest BCUT2D eigenvalue weighted by Gasteiger charge is 2.27. The van der Waals surface area contributed by atoms with E-state index in [-0.39, 0.29) is 30.7 Å². The molecule has 8 heteroatoms. The lowest BCUT2D eigenvalue weighted by atomic mass is 10.0. The van der Waals surface area contributed by atoms with Gasteiger partial charge in [0.05, 0.1) is 40.9 Å². The van der Waals surface area contributed by atoms with Crippen LogP contribution in [0.15, 0.2) is 30.5 Å². The van der Waals surface area contributed by atoms with E-state index in [1.807, 2.05) is 30.3 Å². The number of hydrogen-bond acceptors (Lipinski definition) is 6. The summed E-state index contributed by atoms with van der Waals surface area (Å²) in [5.41, 5.74) is 3.95. The molecule has 2 aliphatic rings. The number of amides is 2. The van der Waals surface area contributed by atoms with Gasteiger partial charge >= 0.3 is 0 Å². The molecule has 2 aromatic rings. The lowest BCUT2D eigenvalue weighted by Gasteiger charge is -2.19. The van der Waals surface area contributed by atoms with Gasteiger partial charge in [0.1, 0.15) is 0 Å². The molecule has 0 saturated heterocycles. The van der Waals surface area contributed by atoms with E-state index < -0.39 is 0 Å². The first kappa shape index (κ1) is 23.5. The second-order valence-electron chi connectivity index (χ2n) is 8.30. The van der Waals surface area contributed by atoms with Crippen molar-refractivity contribution in [3.63, 3.8) is 0 Å². The van der Waals surface area contributed by atoms with Crippen molar-refractivity contribution >= 4 is 17.9 Å². The van der Waals surface area contributed by atoms with Crippen molar-refractivity contribution in [2.75, 3.05) is 35.0 Å². The van der Waals surface area contributed by atoms with Crippen LogP contribution in [0, 0.1) is 0 Å². The zero-order valence-corrected chi connectivity index (χ0v) is 20.0. The fraction of sp³-hybridized carbons (Fsp3) is 0.385. The molecule has 1 aliphatic heterocycles. The molecule has 0 radical (unpaired) electrons. The van der Waals surface area contributed by atoms with Gasteiger partial charge in [-0.25, -0.2) is 0 Å². The van der Waals surface area contributed by atoms with Crippen molar-refractivity contribution in [3.8, 4) is 23.0 Å². The molecule has 2 amide bonds. The fourth-order valence-corrected chi connectivity index (χ4v) is 4.53. The van der Waals surface area contributed by atoms with Gasteiger partial charge in [0.2, 0.25) is 11.8 Å². The lowest BCUT2D eigenvalue weighted by molar-refractivity contribution is -0.128. The minimum atomic E-state index is -0.0982. The molecule has 8 nitrogen and oxygen atoms in total. The standard InChI is InChI=1S/C26H30N2O6/c1-31-21-11-16-7-9-28(26(30)14-18(16)13-23(21)33-3)10-8-25(29)27-20-6-5-17-12-22(32-2)24(34-4)15-19(17)20/h7,9,11-13,15,20H,5-6,8,10,14H2,1-4H3,(H,27,29). The predicted molar refractivity (Wildman–Crippen MR) is 127 cm³/mol. The van der Waals surface area contributed by atoms with Gasteiger partial charge in [-0.05, 0) is 65.4 Å². The zero-order chi connectivity index (χ0) is 24.2. The van der Waals surface area contributed by atoms with E-state index in [4.69, 9.17) is 18.9 Å². The number of carbonyl (C=O) groups is 2. The van der Waals surface area contributed by atoms with Gasteiger partial charge in [-0.3, -0.25) is 9.59 Å². The largest absolute Gasteiger partial charge is 0.493 e. The SMILES string of the molecule is COc1cc2c(cc1OC)CC(=O)N(CCC(=O)NC1CCc3cc(OC)c(OC)cc31)C=C2. The first-order valence-electron chi connectivity index (χ1n) is 11.2. The third-order valence-corrected chi connectivity index (χ3v) is 6.38. The number of hydrogen-bond donors (Lipinski definition) is 1. The van der Waals surface area contributed by atoms with Gasteiger partial charge in [0.25, 0.3) is 0 Å². The molecule has 1 unspecified atom stereocenters. The Morgan fingerprint density at radius 1 is 0.941 bits per heavy atom. The molecule has 2 aromatic carbocycles. The topological polar surface area (TPSA) is 86.3 Å². The highest BCUT2D eigenvalue weighted by atomic mass is 16.5. The molecule has 1 heterocycles. The molecule has 0 bridgehead atoms. The molecule has 180 valence electrons. The van der Waals surface area contributed by atoms with Gasteiger partial charge in [-0.15, -0.1) is 0 Å². The maximum Gasteiger partial charge on any atom is 0.230 e. The molecule has 0 spiro atoms. The number of carbonyl (C=O) groups excluding carboxylic acids is 2. The van der Waals surface area contributed by atoms with Crippen LogP contribution in [-0.2, 0) is 22.4 Å². The fourth-order valence-electron chi connectivity index (χ4n) is 4.53. The third-order valence-electron chi connectivity index (χ3n) is 6.38. The summed E-state index contributed by atoms with van der Waals surface area (Å²) in [6, 6.07) is 7.51. The van der Waals surface area contributed by atoms with Crippen LogP contribution in [0.3, 0.4) is 0 Å². The summed E-state index contributed by atoms with van der Waals surface area (Å²) in [4.78, 5) is 27.2. The molecule has 1 aliphatic carbocycles. The predicted octanol–water partition coefficient (Wildman–Crippen LogP) is 3.27. The summed E-state index contributed by atoms with van der Waals surface area (Å²) in [5.74, 6) is 2.36. The second-order valence-corrected chi connectivity index (χ2v) is 8.30. The number of rotatable bonds is 8. The first-order chi connectivity index (χ1) is 16.5. The molecule has 0 saturated carbocycles. The Morgan fingerprint density at radius 3 is 2.24 bits per heavy atom. The lowest BCUT2D eigenvalue weighted by Crippen LogP contribution is -2.33. The van der Waals surface area contributed by atoms with E-state index in [0.29, 0.717) is 29.5 Å². The summed E-state index contributed by atoms with van der Waals surface area (Å²) in [6.07, 6.45) is 5.71. The number of benzene rings is 2. The highest BCUT2D eigenvalue weighted by molar-refractivity contribution is 5.85. The Labute approximate surface area is 199 Å². The molecule has 1 atom stereocenters. The second kappa shape index (κ2) is 10.1. The number of nitrogens with one attached hydrogen (secondary N) is 1. The van der Waals surface area contributed by atoms with E-state index >= 15 is 0 Å². The smallest absolute Gasteiger partial charge is 0.230 e. The first-order valence-corrected chi connectivity index (χ1v) is 11.2. The summed E-state index contributed by atoms with van der Waals surface area (Å²) in [6.45, 7) is 0.301. The van der Waals surface area contributed by atoms with E-state index in [1.165, 1.54) is 0 Å². The number of aryl methyl sites for hydroxylation is 1. The van der Waals surface area contributed by atoms with E-state index in [0.717, 1.165) is 35.1 Å². The van der Waals surface area contributed by atoms with Crippen LogP contribution in [0.1, 0.15) is 41.1 Å². The molecular weight excluding hydrogens is 436 g/mol.